The average Bonchev–Trinajstić information content (AvgIpc) is 3.07. The van der Waals surface area contributed by atoms with Crippen LogP contribution in [0.3, 0.4) is 0 Å². The monoisotopic (exact) mass is 324 g/mol. The van der Waals surface area contributed by atoms with Gasteiger partial charge in [0.1, 0.15) is 24.6 Å². The lowest BCUT2D eigenvalue weighted by molar-refractivity contribution is 0.0687. The summed E-state index contributed by atoms with van der Waals surface area (Å²) in [6.45, 7) is 1.12. The van der Waals surface area contributed by atoms with Crippen LogP contribution in [0.5, 0.6) is 11.5 Å². The van der Waals surface area contributed by atoms with Crippen molar-refractivity contribution in [3.8, 4) is 11.5 Å². The fraction of sp³-hybridized carbons (Fsp3) is 0.222. The van der Waals surface area contributed by atoms with Crippen LogP contribution in [-0.2, 0) is 12.8 Å². The molecular formula is C18H16N2O4. The maximum atomic E-state index is 11.7. The molecule has 0 atom stereocenters. The summed E-state index contributed by atoms with van der Waals surface area (Å²) in [6, 6.07) is 9.53. The molecule has 0 aliphatic carbocycles. The third kappa shape index (κ3) is 2.56. The second-order valence-corrected chi connectivity index (χ2v) is 5.65. The van der Waals surface area contributed by atoms with Crippen molar-refractivity contribution < 1.29 is 19.4 Å². The molecule has 1 aliphatic heterocycles. The first-order valence-corrected chi connectivity index (χ1v) is 7.79. The molecule has 0 unspecified atom stereocenters. The van der Waals surface area contributed by atoms with Gasteiger partial charge in [0.05, 0.1) is 0 Å². The lowest BCUT2D eigenvalue weighted by atomic mass is 10.0. The maximum Gasteiger partial charge on any atom is 0.353 e. The Morgan fingerprint density at radius 2 is 1.96 bits per heavy atom. The first-order valence-electron chi connectivity index (χ1n) is 7.79. The van der Waals surface area contributed by atoms with E-state index in [-0.39, 0.29) is 5.69 Å². The Kier molecular flexibility index (Phi) is 3.57. The van der Waals surface area contributed by atoms with Gasteiger partial charge in [-0.15, -0.1) is 0 Å². The van der Waals surface area contributed by atoms with Crippen molar-refractivity contribution in [3.63, 3.8) is 0 Å². The zero-order valence-electron chi connectivity index (χ0n) is 12.9. The van der Waals surface area contributed by atoms with Gasteiger partial charge in [0.2, 0.25) is 0 Å². The summed E-state index contributed by atoms with van der Waals surface area (Å²) in [4.78, 5) is 15.8. The number of aromatic carboxylic acids is 1. The summed E-state index contributed by atoms with van der Waals surface area (Å²) >= 11 is 0. The second kappa shape index (κ2) is 5.88. The van der Waals surface area contributed by atoms with Crippen LogP contribution in [-0.4, -0.2) is 33.7 Å². The van der Waals surface area contributed by atoms with Crippen LogP contribution < -0.4 is 9.47 Å². The third-order valence-corrected chi connectivity index (χ3v) is 4.14. The molecule has 1 aliphatic rings. The van der Waals surface area contributed by atoms with Crippen molar-refractivity contribution in [2.45, 2.75) is 12.8 Å². The van der Waals surface area contributed by atoms with Crippen LogP contribution in [0.25, 0.3) is 5.65 Å². The van der Waals surface area contributed by atoms with E-state index in [0.29, 0.717) is 25.3 Å². The average molecular weight is 324 g/mol. The minimum Gasteiger partial charge on any atom is -0.486 e. The first kappa shape index (κ1) is 14.6. The van der Waals surface area contributed by atoms with Crippen LogP contribution in [0.4, 0.5) is 0 Å². The van der Waals surface area contributed by atoms with Gasteiger partial charge in [0.25, 0.3) is 0 Å². The predicted octanol–water partition coefficient (Wildman–Crippen LogP) is 2.59. The minimum atomic E-state index is -0.948. The highest BCUT2D eigenvalue weighted by Crippen LogP contribution is 2.31. The molecule has 0 radical (unpaired) electrons. The van der Waals surface area contributed by atoms with Crippen LogP contribution >= 0.6 is 0 Å². The zero-order chi connectivity index (χ0) is 16.5. The van der Waals surface area contributed by atoms with E-state index in [4.69, 9.17) is 9.47 Å². The molecule has 1 N–H and O–H groups in total. The van der Waals surface area contributed by atoms with E-state index in [2.05, 4.69) is 4.98 Å². The molecule has 0 spiro atoms. The molecule has 2 aromatic heterocycles. The molecule has 0 bridgehead atoms. The molecule has 0 fully saturated rings. The van der Waals surface area contributed by atoms with Gasteiger partial charge >= 0.3 is 5.97 Å². The number of carboxylic acids is 1. The van der Waals surface area contributed by atoms with Gasteiger partial charge in [-0.2, -0.15) is 0 Å². The van der Waals surface area contributed by atoms with E-state index in [9.17, 15) is 9.90 Å². The van der Waals surface area contributed by atoms with Gasteiger partial charge in [-0.1, -0.05) is 12.1 Å². The summed E-state index contributed by atoms with van der Waals surface area (Å²) in [5.41, 5.74) is 2.77. The number of ether oxygens (including phenoxy) is 2. The highest BCUT2D eigenvalue weighted by atomic mass is 16.6. The molecule has 3 heterocycles. The number of pyridine rings is 1. The lowest BCUT2D eigenvalue weighted by Gasteiger charge is -2.19. The fourth-order valence-electron chi connectivity index (χ4n) is 3.00. The van der Waals surface area contributed by atoms with Crippen LogP contribution in [0.1, 0.15) is 21.6 Å². The van der Waals surface area contributed by atoms with Gasteiger partial charge in [-0.3, -0.25) is 4.40 Å². The van der Waals surface area contributed by atoms with E-state index >= 15 is 0 Å². The number of aromatic nitrogens is 2. The molecule has 0 saturated carbocycles. The summed E-state index contributed by atoms with van der Waals surface area (Å²) in [7, 11) is 0. The standard InChI is InChI=1S/C18H16N2O4/c21-18(22)17-13(4-6-16-19-7-8-20(16)17)3-1-12-2-5-14-15(11-12)24-10-9-23-14/h2,4-8,11H,1,3,9-10H2,(H,21,22). The number of rotatable bonds is 4. The molecule has 0 saturated heterocycles. The van der Waals surface area contributed by atoms with Gasteiger partial charge in [0.15, 0.2) is 11.5 Å². The molecule has 0 amide bonds. The van der Waals surface area contributed by atoms with E-state index in [1.165, 1.54) is 0 Å². The molecule has 4 rings (SSSR count). The van der Waals surface area contributed by atoms with Gasteiger partial charge in [0, 0.05) is 12.4 Å². The summed E-state index contributed by atoms with van der Waals surface area (Å²) < 4.78 is 12.7. The molecular weight excluding hydrogens is 308 g/mol. The van der Waals surface area contributed by atoms with Gasteiger partial charge < -0.3 is 14.6 Å². The second-order valence-electron chi connectivity index (χ2n) is 5.65. The van der Waals surface area contributed by atoms with Gasteiger partial charge in [-0.05, 0) is 42.2 Å². The van der Waals surface area contributed by atoms with E-state index < -0.39 is 5.97 Å². The number of hydrogen-bond acceptors (Lipinski definition) is 4. The fourth-order valence-corrected chi connectivity index (χ4v) is 3.00. The smallest absolute Gasteiger partial charge is 0.353 e. The lowest BCUT2D eigenvalue weighted by Crippen LogP contribution is -2.15. The van der Waals surface area contributed by atoms with Crippen molar-refractivity contribution >= 4 is 11.6 Å². The number of carboxylic acid groups (broad SMARTS) is 1. The Labute approximate surface area is 138 Å². The Bertz CT molecular complexity index is 917. The van der Waals surface area contributed by atoms with Crippen LogP contribution in [0.15, 0.2) is 42.7 Å². The Morgan fingerprint density at radius 1 is 1.12 bits per heavy atom. The number of carbonyl (C=O) groups is 1. The topological polar surface area (TPSA) is 73.1 Å². The van der Waals surface area contributed by atoms with Crippen molar-refractivity contribution in [1.82, 2.24) is 9.38 Å². The highest BCUT2D eigenvalue weighted by Gasteiger charge is 2.16. The maximum absolute atomic E-state index is 11.7. The molecule has 6 heteroatoms. The number of aryl methyl sites for hydroxylation is 2. The quantitative estimate of drug-likeness (QED) is 0.798. The first-order chi connectivity index (χ1) is 11.7. The Balaban J connectivity index is 1.61. The number of hydrogen-bond donors (Lipinski definition) is 1. The predicted molar refractivity (Wildman–Crippen MR) is 87.0 cm³/mol. The van der Waals surface area contributed by atoms with Crippen molar-refractivity contribution in [2.24, 2.45) is 0 Å². The molecule has 24 heavy (non-hydrogen) atoms. The molecule has 3 aromatic rings. The van der Waals surface area contributed by atoms with Crippen LogP contribution in [0, 0.1) is 0 Å². The largest absolute Gasteiger partial charge is 0.486 e. The van der Waals surface area contributed by atoms with Crippen molar-refractivity contribution in [1.29, 1.82) is 0 Å². The summed E-state index contributed by atoms with van der Waals surface area (Å²) in [6.07, 6.45) is 4.62. The number of fused-ring (bicyclic) bond motifs is 2. The zero-order valence-corrected chi connectivity index (χ0v) is 12.9. The molecule has 122 valence electrons. The normalized spacial score (nSPS) is 13.2. The number of nitrogens with zero attached hydrogens (tertiary/aromatic N) is 2. The number of imidazole rings is 1. The van der Waals surface area contributed by atoms with E-state index in [0.717, 1.165) is 29.0 Å². The van der Waals surface area contributed by atoms with E-state index in [1.807, 2.05) is 30.3 Å². The Morgan fingerprint density at radius 3 is 2.79 bits per heavy atom. The summed E-state index contributed by atoms with van der Waals surface area (Å²) in [5.74, 6) is 0.564. The minimum absolute atomic E-state index is 0.266. The van der Waals surface area contributed by atoms with Gasteiger partial charge in [-0.25, -0.2) is 9.78 Å². The van der Waals surface area contributed by atoms with Crippen LogP contribution in [0.2, 0.25) is 0 Å². The number of benzene rings is 1. The van der Waals surface area contributed by atoms with Crippen molar-refractivity contribution in [3.05, 3.63) is 59.5 Å². The van der Waals surface area contributed by atoms with E-state index in [1.54, 1.807) is 16.8 Å². The highest BCUT2D eigenvalue weighted by molar-refractivity contribution is 5.88. The molecule has 1 aromatic carbocycles. The SMILES string of the molecule is O=C(O)c1c(CCc2ccc3c(c2)OCCO3)ccc2nccn12. The Hall–Kier alpha value is -3.02. The summed E-state index contributed by atoms with van der Waals surface area (Å²) in [5, 5.41) is 9.55. The molecule has 6 nitrogen and oxygen atoms in total. The van der Waals surface area contributed by atoms with Crippen molar-refractivity contribution in [2.75, 3.05) is 13.2 Å². The third-order valence-electron chi connectivity index (χ3n) is 4.14.